The lowest BCUT2D eigenvalue weighted by atomic mass is 10.1. The highest BCUT2D eigenvalue weighted by Crippen LogP contribution is 2.36. The number of carbonyl (C=O) groups is 1. The van der Waals surface area contributed by atoms with Gasteiger partial charge in [0.05, 0.1) is 28.0 Å². The molecule has 1 aromatic heterocycles. The van der Waals surface area contributed by atoms with Gasteiger partial charge < -0.3 is 15.4 Å². The summed E-state index contributed by atoms with van der Waals surface area (Å²) >= 11 is 5.58. The van der Waals surface area contributed by atoms with E-state index in [9.17, 15) is 31.1 Å². The second-order valence-electron chi connectivity index (χ2n) is 7.76. The third-order valence-electron chi connectivity index (χ3n) is 5.01. The zero-order valence-electron chi connectivity index (χ0n) is 18.9. The molecular formula is C24H16ClF6N5O2. The van der Waals surface area contributed by atoms with Crippen LogP contribution in [0.2, 0.25) is 5.02 Å². The van der Waals surface area contributed by atoms with Crippen LogP contribution in [0.15, 0.2) is 72.9 Å². The van der Waals surface area contributed by atoms with Crippen molar-refractivity contribution in [3.05, 3.63) is 94.8 Å². The number of urea groups is 1. The van der Waals surface area contributed by atoms with Crippen LogP contribution in [0.5, 0.6) is 5.75 Å². The second kappa shape index (κ2) is 10.6. The van der Waals surface area contributed by atoms with E-state index in [1.54, 1.807) is 12.1 Å². The molecule has 0 spiro atoms. The molecule has 0 atom stereocenters. The number of benzene rings is 3. The average Bonchev–Trinajstić information content (AvgIpc) is 3.32. The van der Waals surface area contributed by atoms with Crippen LogP contribution in [-0.2, 0) is 19.0 Å². The Bertz CT molecular complexity index is 1450. The normalized spacial score (nSPS) is 11.8. The number of para-hydroxylation sites is 1. The van der Waals surface area contributed by atoms with E-state index < -0.39 is 34.5 Å². The summed E-state index contributed by atoms with van der Waals surface area (Å²) in [6.07, 6.45) is -7.97. The van der Waals surface area contributed by atoms with Gasteiger partial charge in [-0.05, 0) is 42.5 Å². The Balaban J connectivity index is 1.39. The van der Waals surface area contributed by atoms with Crippen molar-refractivity contribution in [3.63, 3.8) is 0 Å². The number of nitrogens with one attached hydrogen (secondary N) is 2. The smallest absolute Gasteiger partial charge is 0.418 e. The van der Waals surface area contributed by atoms with Crippen LogP contribution in [0.4, 0.5) is 42.5 Å². The second-order valence-corrected chi connectivity index (χ2v) is 8.16. The van der Waals surface area contributed by atoms with E-state index in [0.29, 0.717) is 6.07 Å². The van der Waals surface area contributed by atoms with Gasteiger partial charge in [-0.25, -0.2) is 9.48 Å². The van der Waals surface area contributed by atoms with Crippen LogP contribution in [0.3, 0.4) is 0 Å². The molecule has 1 heterocycles. The third kappa shape index (κ3) is 6.54. The van der Waals surface area contributed by atoms with Gasteiger partial charge in [0, 0.05) is 17.4 Å². The molecule has 7 nitrogen and oxygen atoms in total. The van der Waals surface area contributed by atoms with Crippen molar-refractivity contribution in [2.24, 2.45) is 0 Å². The van der Waals surface area contributed by atoms with Crippen molar-refractivity contribution in [3.8, 4) is 11.4 Å². The van der Waals surface area contributed by atoms with Crippen LogP contribution in [0.25, 0.3) is 5.69 Å². The van der Waals surface area contributed by atoms with Gasteiger partial charge in [-0.15, -0.1) is 5.10 Å². The van der Waals surface area contributed by atoms with Crippen molar-refractivity contribution in [2.75, 3.05) is 10.6 Å². The van der Waals surface area contributed by atoms with E-state index in [4.69, 9.17) is 16.3 Å². The SMILES string of the molecule is O=C(Nc1cccc(OCc2cn(-c3ccccc3C(F)(F)F)nn2)c1)Nc1ccc(Cl)c(C(F)(F)F)c1. The number of hydrogen-bond acceptors (Lipinski definition) is 4. The molecule has 4 rings (SSSR count). The quantitative estimate of drug-likeness (QED) is 0.247. The number of rotatable bonds is 6. The van der Waals surface area contributed by atoms with Gasteiger partial charge in [-0.1, -0.05) is 35.0 Å². The van der Waals surface area contributed by atoms with E-state index in [2.05, 4.69) is 20.9 Å². The lowest BCUT2D eigenvalue weighted by molar-refractivity contribution is -0.138. The van der Waals surface area contributed by atoms with Crippen molar-refractivity contribution < 1.29 is 35.9 Å². The monoisotopic (exact) mass is 555 g/mol. The molecule has 0 saturated carbocycles. The predicted octanol–water partition coefficient (Wildman–Crippen LogP) is 7.18. The highest BCUT2D eigenvalue weighted by atomic mass is 35.5. The molecule has 14 heteroatoms. The van der Waals surface area contributed by atoms with Gasteiger partial charge in [-0.3, -0.25) is 0 Å². The summed E-state index contributed by atoms with van der Waals surface area (Å²) in [5, 5.41) is 11.8. The third-order valence-corrected chi connectivity index (χ3v) is 5.33. The number of halogens is 7. The van der Waals surface area contributed by atoms with Crippen LogP contribution < -0.4 is 15.4 Å². The van der Waals surface area contributed by atoms with Gasteiger partial charge in [0.2, 0.25) is 0 Å². The average molecular weight is 556 g/mol. The fourth-order valence-corrected chi connectivity index (χ4v) is 3.55. The van der Waals surface area contributed by atoms with Crippen molar-refractivity contribution in [1.29, 1.82) is 0 Å². The lowest BCUT2D eigenvalue weighted by Gasteiger charge is -2.13. The first-order valence-corrected chi connectivity index (χ1v) is 11.0. The predicted molar refractivity (Wildman–Crippen MR) is 126 cm³/mol. The summed E-state index contributed by atoms with van der Waals surface area (Å²) in [7, 11) is 0. The van der Waals surface area contributed by atoms with Gasteiger partial charge in [-0.2, -0.15) is 26.3 Å². The molecule has 0 aliphatic carbocycles. The topological polar surface area (TPSA) is 81.1 Å². The number of anilines is 2. The maximum absolute atomic E-state index is 13.3. The zero-order valence-corrected chi connectivity index (χ0v) is 19.7. The van der Waals surface area contributed by atoms with Gasteiger partial charge in [0.1, 0.15) is 18.1 Å². The molecule has 2 amide bonds. The molecule has 198 valence electrons. The minimum Gasteiger partial charge on any atom is -0.487 e. The van der Waals surface area contributed by atoms with E-state index in [-0.39, 0.29) is 35.1 Å². The highest BCUT2D eigenvalue weighted by Gasteiger charge is 2.34. The summed E-state index contributed by atoms with van der Waals surface area (Å²) in [5.74, 6) is 0.277. The molecular weight excluding hydrogens is 540 g/mol. The highest BCUT2D eigenvalue weighted by molar-refractivity contribution is 6.31. The summed E-state index contributed by atoms with van der Waals surface area (Å²) in [5.41, 5.74) is -1.79. The Hall–Kier alpha value is -4.26. The summed E-state index contributed by atoms with van der Waals surface area (Å²) in [4.78, 5) is 12.3. The minimum atomic E-state index is -4.69. The molecule has 0 aliphatic heterocycles. The molecule has 2 N–H and O–H groups in total. The molecule has 3 aromatic carbocycles. The fourth-order valence-electron chi connectivity index (χ4n) is 3.33. The van der Waals surface area contributed by atoms with E-state index in [0.717, 1.165) is 16.8 Å². The Morgan fingerprint density at radius 2 is 1.55 bits per heavy atom. The Kier molecular flexibility index (Phi) is 7.49. The standard InChI is InChI=1S/C24H16ClF6N5O2/c25-20-9-8-15(11-19(20)24(29,30)31)33-22(37)32-14-4-3-5-17(10-14)38-13-16-12-36(35-34-16)21-7-2-1-6-18(21)23(26,27)28/h1-12H,13H2,(H2,32,33,37). The van der Waals surface area contributed by atoms with Gasteiger partial charge >= 0.3 is 18.4 Å². The van der Waals surface area contributed by atoms with E-state index in [1.165, 1.54) is 42.6 Å². The fraction of sp³-hybridized carbons (Fsp3) is 0.125. The first-order valence-electron chi connectivity index (χ1n) is 10.7. The summed E-state index contributed by atoms with van der Waals surface area (Å²) < 4.78 is 85.5. The van der Waals surface area contributed by atoms with Crippen LogP contribution >= 0.6 is 11.6 Å². The summed E-state index contributed by atoms with van der Waals surface area (Å²) in [6.45, 7) is -0.144. The van der Waals surface area contributed by atoms with Crippen molar-refractivity contribution in [2.45, 2.75) is 19.0 Å². The number of alkyl halides is 6. The Morgan fingerprint density at radius 1 is 0.868 bits per heavy atom. The number of ether oxygens (including phenoxy) is 1. The van der Waals surface area contributed by atoms with Crippen LogP contribution in [0.1, 0.15) is 16.8 Å². The molecule has 38 heavy (non-hydrogen) atoms. The number of hydrogen-bond donors (Lipinski definition) is 2. The number of carbonyl (C=O) groups excluding carboxylic acids is 1. The first-order chi connectivity index (χ1) is 17.9. The number of amides is 2. The van der Waals surface area contributed by atoms with E-state index in [1.807, 2.05) is 0 Å². The van der Waals surface area contributed by atoms with Crippen molar-refractivity contribution >= 4 is 29.0 Å². The maximum Gasteiger partial charge on any atom is 0.418 e. The number of nitrogens with zero attached hydrogens (tertiary/aromatic N) is 3. The molecule has 0 unspecified atom stereocenters. The molecule has 0 saturated heterocycles. The number of aromatic nitrogens is 3. The molecule has 0 aliphatic rings. The minimum absolute atomic E-state index is 0.123. The molecule has 4 aromatic rings. The van der Waals surface area contributed by atoms with E-state index >= 15 is 0 Å². The Morgan fingerprint density at radius 3 is 2.26 bits per heavy atom. The largest absolute Gasteiger partial charge is 0.487 e. The molecule has 0 fully saturated rings. The first kappa shape index (κ1) is 26.8. The summed E-state index contributed by atoms with van der Waals surface area (Å²) in [6, 6.07) is 13.1. The molecule has 0 bridgehead atoms. The maximum atomic E-state index is 13.3. The van der Waals surface area contributed by atoms with Crippen molar-refractivity contribution in [1.82, 2.24) is 15.0 Å². The van der Waals surface area contributed by atoms with Crippen LogP contribution in [-0.4, -0.2) is 21.0 Å². The Labute approximate surface area is 216 Å². The zero-order chi connectivity index (χ0) is 27.5. The van der Waals surface area contributed by atoms with Crippen LogP contribution in [0, 0.1) is 0 Å². The lowest BCUT2D eigenvalue weighted by Crippen LogP contribution is -2.20. The van der Waals surface area contributed by atoms with Gasteiger partial charge in [0.25, 0.3) is 0 Å². The van der Waals surface area contributed by atoms with Gasteiger partial charge in [0.15, 0.2) is 0 Å². The molecule has 0 radical (unpaired) electrons.